The Morgan fingerprint density at radius 2 is 2.33 bits per heavy atom. The van der Waals surface area contributed by atoms with Gasteiger partial charge in [-0.15, -0.1) is 0 Å². The second-order valence-electron chi connectivity index (χ2n) is 3.29. The minimum absolute atomic E-state index is 0.244. The first-order valence-electron chi connectivity index (χ1n) is 4.31. The fraction of sp³-hybridized carbons (Fsp3) is 0.400. The Bertz CT molecular complexity index is 296. The summed E-state index contributed by atoms with van der Waals surface area (Å²) in [6, 6.07) is 6.09. The maximum atomic E-state index is 9.51. The standard InChI is InChI=1S/C10H13NO/c11-6-7-1-3-9-8(5-7)2-4-10(9)12/h1,3,5,10,12H,2,4,6,11H2/t10-/m0/s1. The Labute approximate surface area is 72.0 Å². The summed E-state index contributed by atoms with van der Waals surface area (Å²) in [5.41, 5.74) is 9.03. The smallest absolute Gasteiger partial charge is 0.0795 e. The maximum Gasteiger partial charge on any atom is 0.0795 e. The third-order valence-corrected chi connectivity index (χ3v) is 2.49. The number of hydrogen-bond donors (Lipinski definition) is 2. The fourth-order valence-electron chi connectivity index (χ4n) is 1.78. The zero-order valence-electron chi connectivity index (χ0n) is 6.96. The van der Waals surface area contributed by atoms with E-state index in [0.29, 0.717) is 6.54 Å². The van der Waals surface area contributed by atoms with Crippen molar-refractivity contribution in [1.29, 1.82) is 0 Å². The van der Waals surface area contributed by atoms with E-state index in [2.05, 4.69) is 6.07 Å². The van der Waals surface area contributed by atoms with Gasteiger partial charge in [-0.2, -0.15) is 0 Å². The molecule has 0 aliphatic heterocycles. The Morgan fingerprint density at radius 1 is 1.50 bits per heavy atom. The van der Waals surface area contributed by atoms with E-state index >= 15 is 0 Å². The molecule has 1 aromatic carbocycles. The zero-order chi connectivity index (χ0) is 8.55. The molecule has 1 aliphatic rings. The lowest BCUT2D eigenvalue weighted by atomic mass is 10.1. The van der Waals surface area contributed by atoms with E-state index in [9.17, 15) is 5.11 Å². The van der Waals surface area contributed by atoms with Gasteiger partial charge in [-0.05, 0) is 29.5 Å². The van der Waals surface area contributed by atoms with E-state index in [1.807, 2.05) is 12.1 Å². The number of hydrogen-bond acceptors (Lipinski definition) is 2. The van der Waals surface area contributed by atoms with Crippen LogP contribution in [0.3, 0.4) is 0 Å². The molecule has 0 saturated carbocycles. The van der Waals surface area contributed by atoms with Gasteiger partial charge in [0.1, 0.15) is 0 Å². The van der Waals surface area contributed by atoms with Crippen molar-refractivity contribution in [1.82, 2.24) is 0 Å². The predicted molar refractivity (Wildman–Crippen MR) is 47.6 cm³/mol. The van der Waals surface area contributed by atoms with E-state index in [0.717, 1.165) is 24.0 Å². The van der Waals surface area contributed by atoms with Crippen LogP contribution in [0.4, 0.5) is 0 Å². The Morgan fingerprint density at radius 3 is 3.08 bits per heavy atom. The monoisotopic (exact) mass is 163 g/mol. The van der Waals surface area contributed by atoms with E-state index in [1.54, 1.807) is 0 Å². The molecule has 3 N–H and O–H groups in total. The van der Waals surface area contributed by atoms with Crippen LogP contribution in [0.15, 0.2) is 18.2 Å². The van der Waals surface area contributed by atoms with Crippen LogP contribution < -0.4 is 5.73 Å². The third-order valence-electron chi connectivity index (χ3n) is 2.49. The molecule has 2 rings (SSSR count). The number of aliphatic hydroxyl groups is 1. The van der Waals surface area contributed by atoms with E-state index in [1.165, 1.54) is 5.56 Å². The molecule has 64 valence electrons. The Balaban J connectivity index is 2.41. The average molecular weight is 163 g/mol. The summed E-state index contributed by atoms with van der Waals surface area (Å²) in [4.78, 5) is 0. The number of rotatable bonds is 1. The molecule has 0 heterocycles. The normalized spacial score (nSPS) is 21.0. The highest BCUT2D eigenvalue weighted by molar-refractivity contribution is 5.36. The number of nitrogens with two attached hydrogens (primary N) is 1. The van der Waals surface area contributed by atoms with Crippen LogP contribution in [0.25, 0.3) is 0 Å². The lowest BCUT2D eigenvalue weighted by Crippen LogP contribution is -1.97. The van der Waals surface area contributed by atoms with Crippen molar-refractivity contribution in [3.63, 3.8) is 0 Å². The molecule has 1 aromatic rings. The molecule has 0 unspecified atom stereocenters. The summed E-state index contributed by atoms with van der Waals surface area (Å²) in [5.74, 6) is 0. The van der Waals surface area contributed by atoms with Crippen molar-refractivity contribution in [2.75, 3.05) is 0 Å². The van der Waals surface area contributed by atoms with Crippen molar-refractivity contribution >= 4 is 0 Å². The molecule has 0 fully saturated rings. The maximum absolute atomic E-state index is 9.51. The van der Waals surface area contributed by atoms with E-state index < -0.39 is 0 Å². The number of fused-ring (bicyclic) bond motifs is 1. The molecule has 0 spiro atoms. The van der Waals surface area contributed by atoms with Gasteiger partial charge in [-0.3, -0.25) is 0 Å². The molecule has 2 nitrogen and oxygen atoms in total. The molecule has 0 amide bonds. The molecule has 2 heteroatoms. The topological polar surface area (TPSA) is 46.2 Å². The minimum Gasteiger partial charge on any atom is -0.388 e. The van der Waals surface area contributed by atoms with E-state index in [4.69, 9.17) is 5.73 Å². The largest absolute Gasteiger partial charge is 0.388 e. The molecule has 0 aromatic heterocycles. The molecule has 0 radical (unpaired) electrons. The summed E-state index contributed by atoms with van der Waals surface area (Å²) in [6.07, 6.45) is 1.61. The average Bonchev–Trinajstić information content (AvgIpc) is 2.47. The van der Waals surface area contributed by atoms with Gasteiger partial charge in [0.25, 0.3) is 0 Å². The second-order valence-corrected chi connectivity index (χ2v) is 3.29. The Kier molecular flexibility index (Phi) is 1.87. The second kappa shape index (κ2) is 2.88. The van der Waals surface area contributed by atoms with Crippen LogP contribution in [-0.2, 0) is 13.0 Å². The van der Waals surface area contributed by atoms with Crippen LogP contribution in [0.2, 0.25) is 0 Å². The quantitative estimate of drug-likeness (QED) is 0.651. The van der Waals surface area contributed by atoms with Gasteiger partial charge < -0.3 is 10.8 Å². The first kappa shape index (κ1) is 7.77. The number of aliphatic hydroxyl groups excluding tert-OH is 1. The van der Waals surface area contributed by atoms with Gasteiger partial charge in [0, 0.05) is 6.54 Å². The highest BCUT2D eigenvalue weighted by atomic mass is 16.3. The number of benzene rings is 1. The summed E-state index contributed by atoms with van der Waals surface area (Å²) in [6.45, 7) is 0.587. The SMILES string of the molecule is NCc1ccc2c(c1)CC[C@@H]2O. The van der Waals surface area contributed by atoms with Crippen molar-refractivity contribution < 1.29 is 5.11 Å². The summed E-state index contributed by atoms with van der Waals surface area (Å²) < 4.78 is 0. The highest BCUT2D eigenvalue weighted by Gasteiger charge is 2.19. The molecular formula is C10H13NO. The number of aryl methyl sites for hydroxylation is 1. The van der Waals surface area contributed by atoms with Gasteiger partial charge in [0.15, 0.2) is 0 Å². The zero-order valence-corrected chi connectivity index (χ0v) is 6.96. The molecule has 12 heavy (non-hydrogen) atoms. The van der Waals surface area contributed by atoms with Gasteiger partial charge in [-0.1, -0.05) is 18.2 Å². The molecule has 1 aliphatic carbocycles. The highest BCUT2D eigenvalue weighted by Crippen LogP contribution is 2.31. The summed E-state index contributed by atoms with van der Waals surface area (Å²) >= 11 is 0. The van der Waals surface area contributed by atoms with Gasteiger partial charge in [0.2, 0.25) is 0 Å². The first-order valence-corrected chi connectivity index (χ1v) is 4.31. The molecular weight excluding hydrogens is 150 g/mol. The first-order chi connectivity index (χ1) is 5.81. The van der Waals surface area contributed by atoms with Crippen molar-refractivity contribution in [3.8, 4) is 0 Å². The summed E-state index contributed by atoms with van der Waals surface area (Å²) in [7, 11) is 0. The van der Waals surface area contributed by atoms with E-state index in [-0.39, 0.29) is 6.10 Å². The van der Waals surface area contributed by atoms with Crippen LogP contribution in [0, 0.1) is 0 Å². The lowest BCUT2D eigenvalue weighted by molar-refractivity contribution is 0.180. The van der Waals surface area contributed by atoms with Crippen LogP contribution >= 0.6 is 0 Å². The van der Waals surface area contributed by atoms with Crippen LogP contribution in [0.5, 0.6) is 0 Å². The van der Waals surface area contributed by atoms with Gasteiger partial charge in [-0.25, -0.2) is 0 Å². The molecule has 1 atom stereocenters. The minimum atomic E-state index is -0.244. The van der Waals surface area contributed by atoms with Crippen LogP contribution in [-0.4, -0.2) is 5.11 Å². The van der Waals surface area contributed by atoms with Crippen LogP contribution in [0.1, 0.15) is 29.2 Å². The predicted octanol–water partition coefficient (Wildman–Crippen LogP) is 1.12. The van der Waals surface area contributed by atoms with Crippen molar-refractivity contribution in [2.24, 2.45) is 5.73 Å². The Hall–Kier alpha value is -0.860. The fourth-order valence-corrected chi connectivity index (χ4v) is 1.78. The lowest BCUT2D eigenvalue weighted by Gasteiger charge is -2.04. The van der Waals surface area contributed by atoms with Gasteiger partial charge >= 0.3 is 0 Å². The third kappa shape index (κ3) is 1.13. The summed E-state index contributed by atoms with van der Waals surface area (Å²) in [5, 5.41) is 9.51. The molecule has 0 saturated heterocycles. The van der Waals surface area contributed by atoms with Gasteiger partial charge in [0.05, 0.1) is 6.10 Å². The molecule has 0 bridgehead atoms. The van der Waals surface area contributed by atoms with Crippen molar-refractivity contribution in [3.05, 3.63) is 34.9 Å². The van der Waals surface area contributed by atoms with Crippen molar-refractivity contribution in [2.45, 2.75) is 25.5 Å².